The lowest BCUT2D eigenvalue weighted by molar-refractivity contribution is -0.137. The van der Waals surface area contributed by atoms with Gasteiger partial charge in [-0.2, -0.15) is 0 Å². The number of carboxylic acid groups (broad SMARTS) is 1. The number of carboxylic acids is 1. The molecular formula is C16H15ClFNO4S. The highest BCUT2D eigenvalue weighted by molar-refractivity contribution is 7.92. The van der Waals surface area contributed by atoms with E-state index in [2.05, 4.69) is 0 Å². The molecule has 1 N–H and O–H groups in total. The van der Waals surface area contributed by atoms with E-state index < -0.39 is 27.9 Å². The van der Waals surface area contributed by atoms with Gasteiger partial charge >= 0.3 is 5.97 Å². The first-order valence-electron chi connectivity index (χ1n) is 6.93. The van der Waals surface area contributed by atoms with Crippen LogP contribution in [0.3, 0.4) is 0 Å². The Labute approximate surface area is 144 Å². The van der Waals surface area contributed by atoms with E-state index in [0.29, 0.717) is 4.31 Å². The van der Waals surface area contributed by atoms with Gasteiger partial charge in [0.05, 0.1) is 15.6 Å². The predicted octanol–water partition coefficient (Wildman–Crippen LogP) is 3.46. The summed E-state index contributed by atoms with van der Waals surface area (Å²) in [7, 11) is -4.17. The summed E-state index contributed by atoms with van der Waals surface area (Å²) in [6, 6.07) is 7.83. The molecule has 2 rings (SSSR count). The number of rotatable bonds is 5. The molecule has 1 unspecified atom stereocenters. The van der Waals surface area contributed by atoms with Gasteiger partial charge in [-0.25, -0.2) is 17.6 Å². The molecule has 128 valence electrons. The number of benzene rings is 2. The zero-order valence-corrected chi connectivity index (χ0v) is 14.5. The molecule has 0 heterocycles. The second-order valence-electron chi connectivity index (χ2n) is 5.23. The Hall–Kier alpha value is -2.12. The van der Waals surface area contributed by atoms with Crippen LogP contribution in [-0.2, 0) is 14.8 Å². The maximum atomic E-state index is 13.4. The minimum Gasteiger partial charge on any atom is -0.480 e. The van der Waals surface area contributed by atoms with Crippen molar-refractivity contribution in [3.05, 3.63) is 58.9 Å². The number of nitrogens with zero attached hydrogens (tertiary/aromatic N) is 1. The van der Waals surface area contributed by atoms with E-state index in [1.54, 1.807) is 19.1 Å². The number of aryl methyl sites for hydroxylation is 1. The molecule has 0 aliphatic rings. The van der Waals surface area contributed by atoms with Crippen molar-refractivity contribution in [1.29, 1.82) is 0 Å². The predicted molar refractivity (Wildman–Crippen MR) is 89.4 cm³/mol. The van der Waals surface area contributed by atoms with Gasteiger partial charge in [0.15, 0.2) is 0 Å². The number of sulfonamides is 1. The van der Waals surface area contributed by atoms with Crippen molar-refractivity contribution >= 4 is 33.3 Å². The van der Waals surface area contributed by atoms with Crippen LogP contribution in [0.1, 0.15) is 12.5 Å². The molecule has 8 heteroatoms. The van der Waals surface area contributed by atoms with Crippen molar-refractivity contribution in [2.45, 2.75) is 24.8 Å². The van der Waals surface area contributed by atoms with Crippen molar-refractivity contribution in [2.24, 2.45) is 0 Å². The van der Waals surface area contributed by atoms with Crippen LogP contribution < -0.4 is 4.31 Å². The summed E-state index contributed by atoms with van der Waals surface area (Å²) in [6.45, 7) is 3.03. The first-order valence-corrected chi connectivity index (χ1v) is 8.75. The van der Waals surface area contributed by atoms with E-state index in [0.717, 1.165) is 17.7 Å². The zero-order chi connectivity index (χ0) is 18.1. The molecule has 0 fully saturated rings. The van der Waals surface area contributed by atoms with E-state index in [4.69, 9.17) is 11.6 Å². The molecule has 0 aromatic heterocycles. The molecule has 0 radical (unpaired) electrons. The summed E-state index contributed by atoms with van der Waals surface area (Å²) in [6.07, 6.45) is 0. The first-order chi connectivity index (χ1) is 11.1. The van der Waals surface area contributed by atoms with Crippen molar-refractivity contribution < 1.29 is 22.7 Å². The molecular weight excluding hydrogens is 357 g/mol. The maximum Gasteiger partial charge on any atom is 0.327 e. The number of halogens is 2. The van der Waals surface area contributed by atoms with Crippen LogP contribution in [0.4, 0.5) is 10.1 Å². The Balaban J connectivity index is 2.63. The third-order valence-corrected chi connectivity index (χ3v) is 5.65. The van der Waals surface area contributed by atoms with Gasteiger partial charge in [-0.3, -0.25) is 4.31 Å². The van der Waals surface area contributed by atoms with E-state index in [1.165, 1.54) is 25.1 Å². The molecule has 0 aliphatic heterocycles. The van der Waals surface area contributed by atoms with Gasteiger partial charge in [-0.05, 0) is 44.2 Å². The molecule has 0 spiro atoms. The van der Waals surface area contributed by atoms with Crippen molar-refractivity contribution in [3.63, 3.8) is 0 Å². The van der Waals surface area contributed by atoms with Gasteiger partial charge in [-0.15, -0.1) is 0 Å². The van der Waals surface area contributed by atoms with Gasteiger partial charge < -0.3 is 5.11 Å². The number of hydrogen-bond acceptors (Lipinski definition) is 3. The summed E-state index contributed by atoms with van der Waals surface area (Å²) >= 11 is 5.72. The highest BCUT2D eigenvalue weighted by atomic mass is 35.5. The SMILES string of the molecule is Cc1ccc(S(=O)(=O)N(c2ccc(F)c(Cl)c2)C(C)C(=O)O)cc1. The van der Waals surface area contributed by atoms with E-state index >= 15 is 0 Å². The Morgan fingerprint density at radius 3 is 2.29 bits per heavy atom. The lowest BCUT2D eigenvalue weighted by Gasteiger charge is -2.28. The fourth-order valence-corrected chi connectivity index (χ4v) is 3.90. The lowest BCUT2D eigenvalue weighted by Crippen LogP contribution is -2.43. The van der Waals surface area contributed by atoms with Crippen molar-refractivity contribution in [1.82, 2.24) is 0 Å². The number of carbonyl (C=O) groups is 1. The van der Waals surface area contributed by atoms with Crippen LogP contribution in [0, 0.1) is 12.7 Å². The molecule has 5 nitrogen and oxygen atoms in total. The highest BCUT2D eigenvalue weighted by Crippen LogP contribution is 2.29. The summed E-state index contributed by atoms with van der Waals surface area (Å²) in [4.78, 5) is 11.3. The summed E-state index contributed by atoms with van der Waals surface area (Å²) in [5, 5.41) is 8.98. The molecule has 0 saturated carbocycles. The quantitative estimate of drug-likeness (QED) is 0.873. The van der Waals surface area contributed by atoms with Gasteiger partial charge in [0.2, 0.25) is 0 Å². The zero-order valence-electron chi connectivity index (χ0n) is 12.9. The average molecular weight is 372 g/mol. The second kappa shape index (κ2) is 6.78. The van der Waals surface area contributed by atoms with Gasteiger partial charge in [0, 0.05) is 0 Å². The fourth-order valence-electron chi connectivity index (χ4n) is 2.12. The fraction of sp³-hybridized carbons (Fsp3) is 0.188. The molecule has 0 saturated heterocycles. The maximum absolute atomic E-state index is 13.4. The van der Waals surface area contributed by atoms with E-state index in [-0.39, 0.29) is 15.6 Å². The standard InChI is InChI=1S/C16H15ClFNO4S/c1-10-3-6-13(7-4-10)24(22,23)19(11(2)16(20)21)12-5-8-15(18)14(17)9-12/h3-9,11H,1-2H3,(H,20,21). The normalized spacial score (nSPS) is 12.7. The van der Waals surface area contributed by atoms with Crippen LogP contribution in [0.25, 0.3) is 0 Å². The molecule has 2 aromatic rings. The second-order valence-corrected chi connectivity index (χ2v) is 7.45. The third-order valence-electron chi connectivity index (χ3n) is 3.44. The largest absolute Gasteiger partial charge is 0.480 e. The summed E-state index contributed by atoms with van der Waals surface area (Å²) in [5.41, 5.74) is 0.827. The minimum atomic E-state index is -4.17. The van der Waals surface area contributed by atoms with Crippen molar-refractivity contribution in [2.75, 3.05) is 4.31 Å². The van der Waals surface area contributed by atoms with Crippen LogP contribution >= 0.6 is 11.6 Å². The molecule has 1 atom stereocenters. The number of anilines is 1. The van der Waals surface area contributed by atoms with Crippen LogP contribution in [-0.4, -0.2) is 25.5 Å². The molecule has 0 bridgehead atoms. The topological polar surface area (TPSA) is 74.7 Å². The third kappa shape index (κ3) is 3.52. The Kier molecular flexibility index (Phi) is 5.15. The summed E-state index contributed by atoms with van der Waals surface area (Å²) in [5.74, 6) is -2.07. The monoisotopic (exact) mass is 371 g/mol. The smallest absolute Gasteiger partial charge is 0.327 e. The Bertz CT molecular complexity index is 868. The van der Waals surface area contributed by atoms with Gasteiger partial charge in [0.1, 0.15) is 11.9 Å². The Morgan fingerprint density at radius 1 is 1.21 bits per heavy atom. The van der Waals surface area contributed by atoms with E-state index in [9.17, 15) is 22.7 Å². The number of aliphatic carboxylic acids is 1. The highest BCUT2D eigenvalue weighted by Gasteiger charge is 2.33. The van der Waals surface area contributed by atoms with Crippen LogP contribution in [0.15, 0.2) is 47.4 Å². The Morgan fingerprint density at radius 2 is 1.79 bits per heavy atom. The molecule has 2 aromatic carbocycles. The van der Waals surface area contributed by atoms with Crippen molar-refractivity contribution in [3.8, 4) is 0 Å². The first kappa shape index (κ1) is 18.2. The molecule has 24 heavy (non-hydrogen) atoms. The van der Waals surface area contributed by atoms with Gasteiger partial charge in [0.25, 0.3) is 10.0 Å². The molecule has 0 aliphatic carbocycles. The molecule has 0 amide bonds. The van der Waals surface area contributed by atoms with E-state index in [1.807, 2.05) is 0 Å². The van der Waals surface area contributed by atoms with Gasteiger partial charge in [-0.1, -0.05) is 29.3 Å². The number of hydrogen-bond donors (Lipinski definition) is 1. The van der Waals surface area contributed by atoms with Crippen LogP contribution in [0.2, 0.25) is 5.02 Å². The average Bonchev–Trinajstić information content (AvgIpc) is 2.51. The summed E-state index contributed by atoms with van der Waals surface area (Å²) < 4.78 is 39.9. The minimum absolute atomic E-state index is 0.0307. The van der Waals surface area contributed by atoms with Crippen LogP contribution in [0.5, 0.6) is 0 Å². The lowest BCUT2D eigenvalue weighted by atomic mass is 10.2.